The van der Waals surface area contributed by atoms with E-state index in [1.54, 1.807) is 6.26 Å². The van der Waals surface area contributed by atoms with E-state index in [0.717, 1.165) is 31.9 Å². The first-order valence-corrected chi connectivity index (χ1v) is 6.22. The van der Waals surface area contributed by atoms with Crippen molar-refractivity contribution in [2.45, 2.75) is 38.8 Å². The SMILES string of the molecule is CCCN(Cc1cocn1)C1CCNCC1.Cl. The molecule has 1 N–H and O–H groups in total. The lowest BCUT2D eigenvalue weighted by Crippen LogP contribution is -2.43. The van der Waals surface area contributed by atoms with Gasteiger partial charge in [0.2, 0.25) is 0 Å². The molecular formula is C12H22ClN3O. The second kappa shape index (κ2) is 7.69. The van der Waals surface area contributed by atoms with Crippen molar-refractivity contribution in [3.8, 4) is 0 Å². The van der Waals surface area contributed by atoms with Gasteiger partial charge in [-0.1, -0.05) is 6.92 Å². The van der Waals surface area contributed by atoms with Crippen molar-refractivity contribution in [3.05, 3.63) is 18.4 Å². The number of nitrogens with one attached hydrogen (secondary N) is 1. The van der Waals surface area contributed by atoms with E-state index in [4.69, 9.17) is 4.42 Å². The minimum absolute atomic E-state index is 0. The molecule has 1 saturated heterocycles. The number of hydrogen-bond donors (Lipinski definition) is 1. The lowest BCUT2D eigenvalue weighted by molar-refractivity contribution is 0.152. The van der Waals surface area contributed by atoms with Crippen molar-refractivity contribution in [2.75, 3.05) is 19.6 Å². The second-order valence-corrected chi connectivity index (χ2v) is 4.43. The van der Waals surface area contributed by atoms with Gasteiger partial charge in [-0.15, -0.1) is 12.4 Å². The van der Waals surface area contributed by atoms with Crippen LogP contribution in [0.1, 0.15) is 31.9 Å². The summed E-state index contributed by atoms with van der Waals surface area (Å²) in [4.78, 5) is 6.75. The van der Waals surface area contributed by atoms with E-state index >= 15 is 0 Å². The third-order valence-electron chi connectivity index (χ3n) is 3.18. The summed E-state index contributed by atoms with van der Waals surface area (Å²) < 4.78 is 5.03. The summed E-state index contributed by atoms with van der Waals surface area (Å²) in [6, 6.07) is 0.706. The molecule has 17 heavy (non-hydrogen) atoms. The monoisotopic (exact) mass is 259 g/mol. The van der Waals surface area contributed by atoms with E-state index in [9.17, 15) is 0 Å². The van der Waals surface area contributed by atoms with Crippen molar-refractivity contribution >= 4 is 12.4 Å². The fourth-order valence-corrected chi connectivity index (χ4v) is 2.37. The summed E-state index contributed by atoms with van der Waals surface area (Å²) in [5.41, 5.74) is 1.05. The fourth-order valence-electron chi connectivity index (χ4n) is 2.37. The molecule has 0 aliphatic carbocycles. The van der Waals surface area contributed by atoms with Crippen molar-refractivity contribution < 1.29 is 4.42 Å². The predicted molar refractivity (Wildman–Crippen MR) is 70.3 cm³/mol. The Hall–Kier alpha value is -0.580. The molecule has 2 heterocycles. The van der Waals surface area contributed by atoms with Crippen molar-refractivity contribution in [1.82, 2.24) is 15.2 Å². The van der Waals surface area contributed by atoms with Gasteiger partial charge in [0.1, 0.15) is 6.26 Å². The van der Waals surface area contributed by atoms with Crippen LogP contribution in [-0.2, 0) is 6.54 Å². The Labute approximate surface area is 109 Å². The highest BCUT2D eigenvalue weighted by Gasteiger charge is 2.20. The molecule has 98 valence electrons. The van der Waals surface area contributed by atoms with E-state index < -0.39 is 0 Å². The van der Waals surface area contributed by atoms with Gasteiger partial charge in [-0.3, -0.25) is 4.90 Å². The predicted octanol–water partition coefficient (Wildman–Crippen LogP) is 2.06. The third kappa shape index (κ3) is 4.30. The number of hydrogen-bond acceptors (Lipinski definition) is 4. The molecule has 1 fully saturated rings. The zero-order valence-corrected chi connectivity index (χ0v) is 11.2. The molecule has 1 aliphatic rings. The summed E-state index contributed by atoms with van der Waals surface area (Å²) >= 11 is 0. The van der Waals surface area contributed by atoms with Gasteiger partial charge in [-0.05, 0) is 38.9 Å². The van der Waals surface area contributed by atoms with Crippen LogP contribution in [0.4, 0.5) is 0 Å². The molecule has 0 saturated carbocycles. The van der Waals surface area contributed by atoms with Gasteiger partial charge in [0, 0.05) is 12.6 Å². The van der Waals surface area contributed by atoms with Crippen molar-refractivity contribution in [1.29, 1.82) is 0 Å². The molecule has 0 spiro atoms. The van der Waals surface area contributed by atoms with Gasteiger partial charge in [0.25, 0.3) is 0 Å². The van der Waals surface area contributed by atoms with Crippen LogP contribution in [0, 0.1) is 0 Å². The minimum Gasteiger partial charge on any atom is -0.451 e. The Bertz CT molecular complexity index is 286. The number of nitrogens with zero attached hydrogens (tertiary/aromatic N) is 2. The molecule has 4 nitrogen and oxygen atoms in total. The number of piperidine rings is 1. The number of aromatic nitrogens is 1. The van der Waals surface area contributed by atoms with Crippen LogP contribution in [0.2, 0.25) is 0 Å². The van der Waals surface area contributed by atoms with Crippen LogP contribution in [-0.4, -0.2) is 35.6 Å². The zero-order chi connectivity index (χ0) is 11.2. The summed E-state index contributed by atoms with van der Waals surface area (Å²) in [6.07, 6.45) is 6.96. The Morgan fingerprint density at radius 3 is 2.82 bits per heavy atom. The van der Waals surface area contributed by atoms with Gasteiger partial charge in [-0.2, -0.15) is 0 Å². The van der Waals surface area contributed by atoms with Crippen LogP contribution in [0.5, 0.6) is 0 Å². The highest BCUT2D eigenvalue weighted by Crippen LogP contribution is 2.15. The van der Waals surface area contributed by atoms with Crippen LogP contribution in [0.15, 0.2) is 17.1 Å². The summed E-state index contributed by atoms with van der Waals surface area (Å²) in [5.74, 6) is 0. The molecular weight excluding hydrogens is 238 g/mol. The van der Waals surface area contributed by atoms with Crippen LogP contribution in [0.3, 0.4) is 0 Å². The standard InChI is InChI=1S/C12H21N3O.ClH/c1-2-7-15(8-11-9-16-10-14-11)12-3-5-13-6-4-12;/h9-10,12-13H,2-8H2,1H3;1H. The first kappa shape index (κ1) is 14.5. The summed E-state index contributed by atoms with van der Waals surface area (Å²) in [6.45, 7) is 6.59. The molecule has 0 atom stereocenters. The third-order valence-corrected chi connectivity index (χ3v) is 3.18. The van der Waals surface area contributed by atoms with Gasteiger partial charge < -0.3 is 9.73 Å². The molecule has 1 aliphatic heterocycles. The first-order valence-electron chi connectivity index (χ1n) is 6.22. The maximum Gasteiger partial charge on any atom is 0.180 e. The number of halogens is 1. The average molecular weight is 260 g/mol. The van der Waals surface area contributed by atoms with E-state index in [1.165, 1.54) is 25.7 Å². The second-order valence-electron chi connectivity index (χ2n) is 4.43. The quantitative estimate of drug-likeness (QED) is 0.879. The zero-order valence-electron chi connectivity index (χ0n) is 10.4. The Morgan fingerprint density at radius 2 is 2.24 bits per heavy atom. The van der Waals surface area contributed by atoms with Gasteiger partial charge >= 0.3 is 0 Å². The molecule has 2 rings (SSSR count). The van der Waals surface area contributed by atoms with Crippen LogP contribution >= 0.6 is 12.4 Å². The molecule has 0 aromatic carbocycles. The molecule has 5 heteroatoms. The van der Waals surface area contributed by atoms with Gasteiger partial charge in [0.05, 0.1) is 5.69 Å². The molecule has 1 aromatic rings. The molecule has 0 radical (unpaired) electrons. The van der Waals surface area contributed by atoms with Gasteiger partial charge in [0.15, 0.2) is 6.39 Å². The fraction of sp³-hybridized carbons (Fsp3) is 0.750. The summed E-state index contributed by atoms with van der Waals surface area (Å²) in [5, 5.41) is 3.41. The topological polar surface area (TPSA) is 41.3 Å². The Kier molecular flexibility index (Phi) is 6.55. The lowest BCUT2D eigenvalue weighted by atomic mass is 10.0. The largest absolute Gasteiger partial charge is 0.451 e. The summed E-state index contributed by atoms with van der Waals surface area (Å²) in [7, 11) is 0. The van der Waals surface area contributed by atoms with E-state index in [1.807, 2.05) is 0 Å². The number of oxazole rings is 1. The Morgan fingerprint density at radius 1 is 1.47 bits per heavy atom. The molecule has 0 bridgehead atoms. The van der Waals surface area contributed by atoms with Gasteiger partial charge in [-0.25, -0.2) is 4.98 Å². The minimum atomic E-state index is 0. The lowest BCUT2D eigenvalue weighted by Gasteiger charge is -2.33. The Balaban J connectivity index is 0.00000144. The maximum atomic E-state index is 5.03. The molecule has 0 amide bonds. The first-order chi connectivity index (χ1) is 7.90. The van der Waals surface area contributed by atoms with E-state index in [0.29, 0.717) is 6.04 Å². The highest BCUT2D eigenvalue weighted by atomic mass is 35.5. The van der Waals surface area contributed by atoms with Crippen LogP contribution < -0.4 is 5.32 Å². The van der Waals surface area contributed by atoms with Crippen molar-refractivity contribution in [2.24, 2.45) is 0 Å². The average Bonchev–Trinajstić information content (AvgIpc) is 2.83. The highest BCUT2D eigenvalue weighted by molar-refractivity contribution is 5.85. The normalized spacial score (nSPS) is 17.1. The van der Waals surface area contributed by atoms with E-state index in [-0.39, 0.29) is 12.4 Å². The van der Waals surface area contributed by atoms with E-state index in [2.05, 4.69) is 22.1 Å². The van der Waals surface area contributed by atoms with Crippen LogP contribution in [0.25, 0.3) is 0 Å². The molecule has 1 aromatic heterocycles. The smallest absolute Gasteiger partial charge is 0.180 e. The number of rotatable bonds is 5. The molecule has 0 unspecified atom stereocenters. The maximum absolute atomic E-state index is 5.03. The van der Waals surface area contributed by atoms with Crippen molar-refractivity contribution in [3.63, 3.8) is 0 Å².